The van der Waals surface area contributed by atoms with Crippen molar-refractivity contribution in [2.45, 2.75) is 24.5 Å². The van der Waals surface area contributed by atoms with E-state index in [2.05, 4.69) is 21.2 Å². The van der Waals surface area contributed by atoms with Crippen LogP contribution in [0.1, 0.15) is 24.8 Å². The Morgan fingerprint density at radius 2 is 2.15 bits per heavy atom. The second-order valence-corrected chi connectivity index (χ2v) is 7.86. The Morgan fingerprint density at radius 1 is 1.40 bits per heavy atom. The molecule has 1 atom stereocenters. The average Bonchev–Trinajstić information content (AvgIpc) is 2.38. The van der Waals surface area contributed by atoms with E-state index in [0.717, 1.165) is 6.42 Å². The normalized spacial score (nSPS) is 20.9. The minimum absolute atomic E-state index is 0.0503. The van der Waals surface area contributed by atoms with Crippen LogP contribution in [0.4, 0.5) is 5.69 Å². The molecule has 1 aliphatic heterocycles. The summed E-state index contributed by atoms with van der Waals surface area (Å²) in [5, 5.41) is 10.5. The zero-order valence-corrected chi connectivity index (χ0v) is 13.0. The standard InChI is InChI=1S/C13H13BrN2O3S/c14-10-5-4-9(8-15)11(7-10)16-13(17)12-3-1-2-6-20(12,18)19/h4-5,7,12H,1-3,6H2,(H,16,17). The summed E-state index contributed by atoms with van der Waals surface area (Å²) in [5.74, 6) is -0.506. The molecule has 20 heavy (non-hydrogen) atoms. The first kappa shape index (κ1) is 15.0. The van der Waals surface area contributed by atoms with Crippen molar-refractivity contribution in [3.05, 3.63) is 28.2 Å². The molecule has 2 rings (SSSR count). The van der Waals surface area contributed by atoms with E-state index in [1.54, 1.807) is 18.2 Å². The second-order valence-electron chi connectivity index (χ2n) is 4.64. The third-order valence-electron chi connectivity index (χ3n) is 3.23. The fourth-order valence-electron chi connectivity index (χ4n) is 2.18. The number of carbonyl (C=O) groups is 1. The number of benzene rings is 1. The van der Waals surface area contributed by atoms with Crippen molar-refractivity contribution in [3.8, 4) is 6.07 Å². The Hall–Kier alpha value is -1.39. The van der Waals surface area contributed by atoms with Gasteiger partial charge in [0.15, 0.2) is 9.84 Å². The first-order chi connectivity index (χ1) is 9.44. The summed E-state index contributed by atoms with van der Waals surface area (Å²) < 4.78 is 24.5. The molecule has 5 nitrogen and oxygen atoms in total. The number of carbonyl (C=O) groups excluding carboxylic acids is 1. The van der Waals surface area contributed by atoms with E-state index < -0.39 is 21.0 Å². The number of amides is 1. The SMILES string of the molecule is N#Cc1ccc(Br)cc1NC(=O)C1CCCCS1(=O)=O. The van der Waals surface area contributed by atoms with Crippen molar-refractivity contribution in [1.82, 2.24) is 0 Å². The molecule has 7 heteroatoms. The third kappa shape index (κ3) is 3.19. The smallest absolute Gasteiger partial charge is 0.242 e. The van der Waals surface area contributed by atoms with Crippen LogP contribution in [0.25, 0.3) is 0 Å². The van der Waals surface area contributed by atoms with Gasteiger partial charge in [0.1, 0.15) is 11.3 Å². The number of halogens is 1. The molecule has 1 saturated heterocycles. The van der Waals surface area contributed by atoms with Crippen LogP contribution >= 0.6 is 15.9 Å². The number of hydrogen-bond acceptors (Lipinski definition) is 4. The molecule has 0 aliphatic carbocycles. The highest BCUT2D eigenvalue weighted by atomic mass is 79.9. The number of rotatable bonds is 2. The summed E-state index contributed by atoms with van der Waals surface area (Å²) in [6.07, 6.45) is 1.66. The van der Waals surface area contributed by atoms with Crippen molar-refractivity contribution in [2.75, 3.05) is 11.1 Å². The molecule has 1 fully saturated rings. The van der Waals surface area contributed by atoms with Gasteiger partial charge in [-0.25, -0.2) is 8.42 Å². The zero-order valence-electron chi connectivity index (χ0n) is 10.6. The maximum Gasteiger partial charge on any atom is 0.242 e. The van der Waals surface area contributed by atoms with Gasteiger partial charge in [0, 0.05) is 4.47 Å². The predicted molar refractivity (Wildman–Crippen MR) is 78.9 cm³/mol. The lowest BCUT2D eigenvalue weighted by atomic mass is 10.1. The molecule has 0 spiro atoms. The van der Waals surface area contributed by atoms with Crippen LogP contribution in [-0.4, -0.2) is 25.3 Å². The summed E-state index contributed by atoms with van der Waals surface area (Å²) in [4.78, 5) is 12.1. The van der Waals surface area contributed by atoms with Gasteiger partial charge in [-0.1, -0.05) is 22.4 Å². The van der Waals surface area contributed by atoms with Crippen LogP contribution in [-0.2, 0) is 14.6 Å². The predicted octanol–water partition coefficient (Wildman–Crippen LogP) is 2.23. The van der Waals surface area contributed by atoms with Gasteiger partial charge in [0.2, 0.25) is 5.91 Å². The molecule has 1 heterocycles. The lowest BCUT2D eigenvalue weighted by molar-refractivity contribution is -0.116. The quantitative estimate of drug-likeness (QED) is 0.879. The molecule has 0 bridgehead atoms. The first-order valence-corrected chi connectivity index (χ1v) is 8.67. The first-order valence-electron chi connectivity index (χ1n) is 6.16. The highest BCUT2D eigenvalue weighted by Crippen LogP contribution is 2.24. The highest BCUT2D eigenvalue weighted by molar-refractivity contribution is 9.10. The number of sulfone groups is 1. The summed E-state index contributed by atoms with van der Waals surface area (Å²) in [6, 6.07) is 6.81. The van der Waals surface area contributed by atoms with Crippen LogP contribution in [0.3, 0.4) is 0 Å². The Bertz CT molecular complexity index is 679. The van der Waals surface area contributed by atoms with Crippen molar-refractivity contribution in [1.29, 1.82) is 5.26 Å². The molecule has 1 aliphatic rings. The fourth-order valence-corrected chi connectivity index (χ4v) is 4.34. The van der Waals surface area contributed by atoms with E-state index in [0.29, 0.717) is 28.6 Å². The minimum Gasteiger partial charge on any atom is -0.324 e. The Balaban J connectivity index is 2.24. The average molecular weight is 357 g/mol. The van der Waals surface area contributed by atoms with Gasteiger partial charge >= 0.3 is 0 Å². The molecular weight excluding hydrogens is 344 g/mol. The molecule has 1 aromatic carbocycles. The van der Waals surface area contributed by atoms with Gasteiger partial charge in [0.25, 0.3) is 0 Å². The largest absolute Gasteiger partial charge is 0.324 e. The number of hydrogen-bond donors (Lipinski definition) is 1. The second kappa shape index (κ2) is 5.94. The Morgan fingerprint density at radius 3 is 2.80 bits per heavy atom. The molecule has 1 aromatic rings. The maximum atomic E-state index is 12.1. The van der Waals surface area contributed by atoms with Gasteiger partial charge in [-0.05, 0) is 31.0 Å². The molecule has 0 aromatic heterocycles. The monoisotopic (exact) mass is 356 g/mol. The summed E-state index contributed by atoms with van der Waals surface area (Å²) in [6.45, 7) is 0. The molecule has 1 amide bonds. The fraction of sp³-hybridized carbons (Fsp3) is 0.385. The van der Waals surface area contributed by atoms with E-state index in [-0.39, 0.29) is 5.75 Å². The van der Waals surface area contributed by atoms with E-state index in [1.165, 1.54) is 0 Å². The molecule has 106 valence electrons. The van der Waals surface area contributed by atoms with Crippen molar-refractivity contribution < 1.29 is 13.2 Å². The topological polar surface area (TPSA) is 87.0 Å². The molecular formula is C13H13BrN2O3S. The molecule has 0 radical (unpaired) electrons. The Kier molecular flexibility index (Phi) is 4.45. The van der Waals surface area contributed by atoms with Crippen LogP contribution < -0.4 is 5.32 Å². The number of nitrogens with one attached hydrogen (secondary N) is 1. The van der Waals surface area contributed by atoms with Gasteiger partial charge in [-0.3, -0.25) is 4.79 Å². The van der Waals surface area contributed by atoms with Crippen LogP contribution in [0.5, 0.6) is 0 Å². The number of nitrogens with zero attached hydrogens (tertiary/aromatic N) is 1. The molecule has 1 unspecified atom stereocenters. The lowest BCUT2D eigenvalue weighted by Crippen LogP contribution is -2.39. The zero-order chi connectivity index (χ0) is 14.8. The molecule has 0 saturated carbocycles. The van der Waals surface area contributed by atoms with Gasteiger partial charge in [-0.2, -0.15) is 5.26 Å². The Labute approximate surface area is 126 Å². The van der Waals surface area contributed by atoms with Crippen molar-refractivity contribution in [3.63, 3.8) is 0 Å². The maximum absolute atomic E-state index is 12.1. The lowest BCUT2D eigenvalue weighted by Gasteiger charge is -2.21. The highest BCUT2D eigenvalue weighted by Gasteiger charge is 2.35. The van der Waals surface area contributed by atoms with E-state index in [1.807, 2.05) is 6.07 Å². The minimum atomic E-state index is -3.38. The van der Waals surface area contributed by atoms with Crippen molar-refractivity contribution in [2.24, 2.45) is 0 Å². The van der Waals surface area contributed by atoms with E-state index >= 15 is 0 Å². The van der Waals surface area contributed by atoms with Gasteiger partial charge in [-0.15, -0.1) is 0 Å². The van der Waals surface area contributed by atoms with Crippen LogP contribution in [0.2, 0.25) is 0 Å². The number of anilines is 1. The third-order valence-corrected chi connectivity index (χ3v) is 5.90. The molecule has 1 N–H and O–H groups in total. The number of nitriles is 1. The summed E-state index contributed by atoms with van der Waals surface area (Å²) >= 11 is 3.25. The van der Waals surface area contributed by atoms with Gasteiger partial charge in [0.05, 0.1) is 17.0 Å². The van der Waals surface area contributed by atoms with Crippen molar-refractivity contribution >= 4 is 37.4 Å². The summed E-state index contributed by atoms with van der Waals surface area (Å²) in [7, 11) is -3.38. The van der Waals surface area contributed by atoms with Gasteiger partial charge < -0.3 is 5.32 Å². The van der Waals surface area contributed by atoms with Crippen LogP contribution in [0, 0.1) is 11.3 Å². The van der Waals surface area contributed by atoms with E-state index in [4.69, 9.17) is 5.26 Å². The van der Waals surface area contributed by atoms with Crippen LogP contribution in [0.15, 0.2) is 22.7 Å². The van der Waals surface area contributed by atoms with E-state index in [9.17, 15) is 13.2 Å². The summed E-state index contributed by atoms with van der Waals surface area (Å²) in [5.41, 5.74) is 0.627.